The molecule has 2 aromatic rings. The molecule has 3 heterocycles. The molecule has 1 aliphatic rings. The molecule has 0 atom stereocenters. The van der Waals surface area contributed by atoms with Gasteiger partial charge in [0.25, 0.3) is 11.8 Å². The van der Waals surface area contributed by atoms with Crippen molar-refractivity contribution in [1.29, 1.82) is 0 Å². The molecule has 15 heavy (non-hydrogen) atoms. The van der Waals surface area contributed by atoms with E-state index in [4.69, 9.17) is 8.83 Å². The smallest absolute Gasteiger partial charge is 0.284 e. The highest BCUT2D eigenvalue weighted by molar-refractivity contribution is 5.38. The van der Waals surface area contributed by atoms with Crippen molar-refractivity contribution in [2.24, 2.45) is 0 Å². The number of rotatable bonds is 1. The number of fused-ring (bicyclic) bond motifs is 1. The SMILES string of the molecule is CN1CCc2oc(-c3ncco3)nc2C1. The van der Waals surface area contributed by atoms with Crippen LogP contribution in [0.2, 0.25) is 0 Å². The molecular formula is C10H11N3O2. The van der Waals surface area contributed by atoms with E-state index in [0.717, 1.165) is 31.0 Å². The first kappa shape index (κ1) is 8.67. The predicted molar refractivity (Wildman–Crippen MR) is 52.0 cm³/mol. The second-order valence-corrected chi connectivity index (χ2v) is 3.71. The van der Waals surface area contributed by atoms with Crippen molar-refractivity contribution in [3.63, 3.8) is 0 Å². The van der Waals surface area contributed by atoms with Gasteiger partial charge in [-0.1, -0.05) is 0 Å². The molecule has 0 unspecified atom stereocenters. The lowest BCUT2D eigenvalue weighted by Crippen LogP contribution is -2.25. The summed E-state index contributed by atoms with van der Waals surface area (Å²) < 4.78 is 10.7. The van der Waals surface area contributed by atoms with E-state index < -0.39 is 0 Å². The van der Waals surface area contributed by atoms with Crippen molar-refractivity contribution in [2.45, 2.75) is 13.0 Å². The molecule has 0 saturated carbocycles. The van der Waals surface area contributed by atoms with Gasteiger partial charge in [-0.15, -0.1) is 0 Å². The Bertz CT molecular complexity index is 461. The van der Waals surface area contributed by atoms with Crippen molar-refractivity contribution in [1.82, 2.24) is 14.9 Å². The first-order chi connectivity index (χ1) is 7.33. The van der Waals surface area contributed by atoms with Crippen LogP contribution in [-0.4, -0.2) is 28.5 Å². The third-order valence-corrected chi connectivity index (χ3v) is 2.53. The summed E-state index contributed by atoms with van der Waals surface area (Å²) >= 11 is 0. The fourth-order valence-corrected chi connectivity index (χ4v) is 1.75. The van der Waals surface area contributed by atoms with E-state index in [0.29, 0.717) is 11.8 Å². The quantitative estimate of drug-likeness (QED) is 0.702. The number of hydrogen-bond donors (Lipinski definition) is 0. The van der Waals surface area contributed by atoms with Crippen LogP contribution in [0.15, 0.2) is 21.3 Å². The Kier molecular flexibility index (Phi) is 1.85. The van der Waals surface area contributed by atoms with Gasteiger partial charge in [-0.3, -0.25) is 4.90 Å². The lowest BCUT2D eigenvalue weighted by Gasteiger charge is -2.19. The number of oxazole rings is 2. The Morgan fingerprint density at radius 3 is 3.13 bits per heavy atom. The van der Waals surface area contributed by atoms with Gasteiger partial charge in [-0.05, 0) is 7.05 Å². The normalized spacial score (nSPS) is 16.6. The zero-order chi connectivity index (χ0) is 10.3. The minimum atomic E-state index is 0.451. The molecule has 0 saturated heterocycles. The molecule has 0 bridgehead atoms. The largest absolute Gasteiger partial charge is 0.441 e. The molecule has 0 spiro atoms. The van der Waals surface area contributed by atoms with E-state index in [2.05, 4.69) is 21.9 Å². The van der Waals surface area contributed by atoms with Gasteiger partial charge in [0.1, 0.15) is 12.0 Å². The molecule has 0 fully saturated rings. The fourth-order valence-electron chi connectivity index (χ4n) is 1.75. The Morgan fingerprint density at radius 2 is 2.33 bits per heavy atom. The molecule has 0 aliphatic carbocycles. The number of likely N-dealkylation sites (N-methyl/N-ethyl adjacent to an activating group) is 1. The topological polar surface area (TPSA) is 55.3 Å². The van der Waals surface area contributed by atoms with Gasteiger partial charge >= 0.3 is 0 Å². The first-order valence-electron chi connectivity index (χ1n) is 4.90. The third kappa shape index (κ3) is 1.45. The molecule has 78 valence electrons. The second-order valence-electron chi connectivity index (χ2n) is 3.71. The molecule has 0 aromatic carbocycles. The molecule has 5 nitrogen and oxygen atoms in total. The highest BCUT2D eigenvalue weighted by Gasteiger charge is 2.21. The van der Waals surface area contributed by atoms with E-state index in [1.54, 1.807) is 6.20 Å². The van der Waals surface area contributed by atoms with E-state index in [1.165, 1.54) is 6.26 Å². The standard InChI is InChI=1S/C10H11N3O2/c1-13-4-2-8-7(6-13)12-10(15-8)9-11-3-5-14-9/h3,5H,2,4,6H2,1H3. The summed E-state index contributed by atoms with van der Waals surface area (Å²) in [5.41, 5.74) is 0.997. The van der Waals surface area contributed by atoms with Crippen molar-refractivity contribution in [3.8, 4) is 11.8 Å². The van der Waals surface area contributed by atoms with Crippen LogP contribution in [0, 0.1) is 0 Å². The summed E-state index contributed by atoms with van der Waals surface area (Å²) in [5, 5.41) is 0. The molecule has 5 heteroatoms. The monoisotopic (exact) mass is 205 g/mol. The summed E-state index contributed by atoms with van der Waals surface area (Å²) in [6.07, 6.45) is 4.01. The van der Waals surface area contributed by atoms with E-state index >= 15 is 0 Å². The number of hydrogen-bond acceptors (Lipinski definition) is 5. The molecular weight excluding hydrogens is 194 g/mol. The maximum absolute atomic E-state index is 5.60. The first-order valence-corrected chi connectivity index (χ1v) is 4.90. The summed E-state index contributed by atoms with van der Waals surface area (Å²) in [4.78, 5) is 10.6. The Hall–Kier alpha value is -1.62. The zero-order valence-electron chi connectivity index (χ0n) is 8.43. The predicted octanol–water partition coefficient (Wildman–Crippen LogP) is 1.32. The van der Waals surface area contributed by atoms with Crippen LogP contribution in [0.25, 0.3) is 11.8 Å². The van der Waals surface area contributed by atoms with Crippen molar-refractivity contribution in [3.05, 3.63) is 23.9 Å². The van der Waals surface area contributed by atoms with Crippen LogP contribution < -0.4 is 0 Å². The summed E-state index contributed by atoms with van der Waals surface area (Å²) in [6, 6.07) is 0. The lowest BCUT2D eigenvalue weighted by atomic mass is 10.2. The lowest BCUT2D eigenvalue weighted by molar-refractivity contribution is 0.292. The maximum atomic E-state index is 5.60. The molecule has 0 radical (unpaired) electrons. The van der Waals surface area contributed by atoms with Gasteiger partial charge < -0.3 is 8.83 Å². The summed E-state index contributed by atoms with van der Waals surface area (Å²) in [5.74, 6) is 1.90. The zero-order valence-corrected chi connectivity index (χ0v) is 8.43. The van der Waals surface area contributed by atoms with E-state index in [1.807, 2.05) is 0 Å². The maximum Gasteiger partial charge on any atom is 0.284 e. The van der Waals surface area contributed by atoms with Crippen LogP contribution in [-0.2, 0) is 13.0 Å². The van der Waals surface area contributed by atoms with Crippen LogP contribution >= 0.6 is 0 Å². The number of aromatic nitrogens is 2. The van der Waals surface area contributed by atoms with Crippen molar-refractivity contribution < 1.29 is 8.83 Å². The Labute approximate surface area is 86.7 Å². The van der Waals surface area contributed by atoms with Crippen LogP contribution in [0.1, 0.15) is 11.5 Å². The molecule has 2 aromatic heterocycles. The minimum absolute atomic E-state index is 0.451. The molecule has 3 rings (SSSR count). The van der Waals surface area contributed by atoms with Gasteiger partial charge in [-0.25, -0.2) is 9.97 Å². The van der Waals surface area contributed by atoms with Gasteiger partial charge in [0.2, 0.25) is 0 Å². The highest BCUT2D eigenvalue weighted by atomic mass is 16.4. The number of nitrogens with zero attached hydrogens (tertiary/aromatic N) is 3. The van der Waals surface area contributed by atoms with Crippen LogP contribution in [0.4, 0.5) is 0 Å². The molecule has 1 aliphatic heterocycles. The van der Waals surface area contributed by atoms with E-state index in [-0.39, 0.29) is 0 Å². The van der Waals surface area contributed by atoms with Gasteiger partial charge in [0, 0.05) is 19.5 Å². The summed E-state index contributed by atoms with van der Waals surface area (Å²) in [6.45, 7) is 1.84. The second kappa shape index (κ2) is 3.20. The average molecular weight is 205 g/mol. The van der Waals surface area contributed by atoms with Gasteiger partial charge in [0.05, 0.1) is 11.9 Å². The Balaban J connectivity index is 2.00. The van der Waals surface area contributed by atoms with Crippen molar-refractivity contribution in [2.75, 3.05) is 13.6 Å². The van der Waals surface area contributed by atoms with Gasteiger partial charge in [-0.2, -0.15) is 0 Å². The fraction of sp³-hybridized carbons (Fsp3) is 0.400. The molecule has 0 amide bonds. The van der Waals surface area contributed by atoms with E-state index in [9.17, 15) is 0 Å². The summed E-state index contributed by atoms with van der Waals surface area (Å²) in [7, 11) is 2.07. The average Bonchev–Trinajstić information content (AvgIpc) is 2.84. The Morgan fingerprint density at radius 1 is 1.40 bits per heavy atom. The van der Waals surface area contributed by atoms with Gasteiger partial charge in [0.15, 0.2) is 0 Å². The van der Waals surface area contributed by atoms with Crippen LogP contribution in [0.3, 0.4) is 0 Å². The minimum Gasteiger partial charge on any atom is -0.441 e. The van der Waals surface area contributed by atoms with Crippen LogP contribution in [0.5, 0.6) is 0 Å². The molecule has 0 N–H and O–H groups in total. The van der Waals surface area contributed by atoms with Crippen molar-refractivity contribution >= 4 is 0 Å². The third-order valence-electron chi connectivity index (χ3n) is 2.53. The highest BCUT2D eigenvalue weighted by Crippen LogP contribution is 2.24.